The molecular weight excluding hydrogens is 632 g/mol. The van der Waals surface area contributed by atoms with E-state index in [1.807, 2.05) is 0 Å². The number of benzene rings is 5. The summed E-state index contributed by atoms with van der Waals surface area (Å²) >= 11 is 0. The molecule has 0 saturated heterocycles. The third kappa shape index (κ3) is 5.09. The molecule has 0 amide bonds. The number of esters is 2. The van der Waals surface area contributed by atoms with Gasteiger partial charge in [0, 0.05) is 63.6 Å². The fourth-order valence-electron chi connectivity index (χ4n) is 7.03. The van der Waals surface area contributed by atoms with Crippen LogP contribution in [-0.2, 0) is 9.59 Å². The number of hydrogen-bond acceptors (Lipinski definition) is 8. The number of fused-ring (bicyclic) bond motifs is 5. The Balaban J connectivity index is 1.66. The Morgan fingerprint density at radius 1 is 0.640 bits per heavy atom. The number of rotatable bonds is 7. The summed E-state index contributed by atoms with van der Waals surface area (Å²) in [5.41, 5.74) is -1.32. The lowest BCUT2D eigenvalue weighted by molar-refractivity contribution is -0.133. The molecule has 244 valence electrons. The Hall–Kier alpha value is -6.54. The predicted octanol–water partition coefficient (Wildman–Crippen LogP) is 7.56. The molecular formula is C42H28O8. The van der Waals surface area contributed by atoms with Crippen LogP contribution in [0, 0.1) is 5.41 Å². The molecule has 0 N–H and O–H groups in total. The molecule has 8 heteroatoms. The van der Waals surface area contributed by atoms with Gasteiger partial charge in [0.05, 0.1) is 11.3 Å². The SMILES string of the molecule is CC(=O)Oc1c2c(c(OC(C)=O)c3ccccc13)C1C(=O)c3ccccc3C(=O)C1(/C=C/C(=O)c1ccccc1)C(C(=O)c1ccccc1)=C2. The van der Waals surface area contributed by atoms with Crippen molar-refractivity contribution in [3.05, 3.63) is 160 Å². The highest BCUT2D eigenvalue weighted by molar-refractivity contribution is 6.29. The first-order chi connectivity index (χ1) is 24.1. The molecule has 8 nitrogen and oxygen atoms in total. The normalized spacial score (nSPS) is 17.7. The first-order valence-corrected chi connectivity index (χ1v) is 15.9. The van der Waals surface area contributed by atoms with Gasteiger partial charge in [0.1, 0.15) is 11.5 Å². The maximum atomic E-state index is 15.2. The number of hydrogen-bond donors (Lipinski definition) is 0. The van der Waals surface area contributed by atoms with E-state index in [1.165, 1.54) is 44.2 Å². The van der Waals surface area contributed by atoms with Gasteiger partial charge in [-0.05, 0) is 12.2 Å². The summed E-state index contributed by atoms with van der Waals surface area (Å²) in [6.07, 6.45) is 3.96. The van der Waals surface area contributed by atoms with E-state index in [2.05, 4.69) is 0 Å². The van der Waals surface area contributed by atoms with Crippen LogP contribution >= 0.6 is 0 Å². The molecule has 0 spiro atoms. The van der Waals surface area contributed by atoms with Gasteiger partial charge < -0.3 is 9.47 Å². The van der Waals surface area contributed by atoms with Crippen molar-refractivity contribution in [2.45, 2.75) is 19.8 Å². The molecule has 0 saturated carbocycles. The zero-order valence-electron chi connectivity index (χ0n) is 27.0. The fourth-order valence-corrected chi connectivity index (χ4v) is 7.03. The highest BCUT2D eigenvalue weighted by atomic mass is 16.5. The van der Waals surface area contributed by atoms with Crippen molar-refractivity contribution in [3.8, 4) is 11.5 Å². The van der Waals surface area contributed by atoms with Gasteiger partial charge in [-0.15, -0.1) is 0 Å². The van der Waals surface area contributed by atoms with Crippen LogP contribution < -0.4 is 9.47 Å². The predicted molar refractivity (Wildman–Crippen MR) is 186 cm³/mol. The Kier molecular flexibility index (Phi) is 8.00. The topological polar surface area (TPSA) is 121 Å². The van der Waals surface area contributed by atoms with Gasteiger partial charge in [-0.1, -0.05) is 115 Å². The standard InChI is InChI=1S/C42H28O8/c1-24(43)49-39-29-18-10-11-19-30(29)40(50-25(2)44)35-32(39)23-33(37(46)27-15-7-4-8-16-27)42(22-21-34(45)26-13-5-3-6-14-26)36(35)38(47)28-17-9-12-20-31(28)41(42)48/h3-23,36H,1-2H3/b22-21+. The van der Waals surface area contributed by atoms with Crippen LogP contribution in [0.2, 0.25) is 0 Å². The monoisotopic (exact) mass is 660 g/mol. The first kappa shape index (κ1) is 32.0. The third-order valence-electron chi connectivity index (χ3n) is 9.08. The van der Waals surface area contributed by atoms with Gasteiger partial charge in [-0.3, -0.25) is 28.8 Å². The molecule has 7 rings (SSSR count). The zero-order valence-corrected chi connectivity index (χ0v) is 27.0. The highest BCUT2D eigenvalue weighted by Crippen LogP contribution is 2.60. The minimum absolute atomic E-state index is 0.0226. The number of allylic oxidation sites excluding steroid dienone is 3. The minimum Gasteiger partial charge on any atom is -0.426 e. The molecule has 0 heterocycles. The zero-order chi connectivity index (χ0) is 35.2. The van der Waals surface area contributed by atoms with Crippen molar-refractivity contribution in [1.82, 2.24) is 0 Å². The summed E-state index contributed by atoms with van der Waals surface area (Å²) in [5, 5.41) is 0.707. The molecule has 50 heavy (non-hydrogen) atoms. The van der Waals surface area contributed by atoms with Crippen molar-refractivity contribution in [1.29, 1.82) is 0 Å². The number of carbonyl (C=O) groups is 6. The summed E-state index contributed by atoms with van der Waals surface area (Å²) in [7, 11) is 0. The second kappa shape index (κ2) is 12.5. The average Bonchev–Trinajstić information content (AvgIpc) is 3.13. The van der Waals surface area contributed by atoms with E-state index in [4.69, 9.17) is 9.47 Å². The summed E-state index contributed by atoms with van der Waals surface area (Å²) in [6, 6.07) is 29.6. The van der Waals surface area contributed by atoms with Crippen LogP contribution in [0.4, 0.5) is 0 Å². The van der Waals surface area contributed by atoms with E-state index < -0.39 is 46.4 Å². The van der Waals surface area contributed by atoms with Crippen molar-refractivity contribution in [3.63, 3.8) is 0 Å². The second-order valence-corrected chi connectivity index (χ2v) is 12.1. The Bertz CT molecular complexity index is 2350. The largest absolute Gasteiger partial charge is 0.426 e. The number of ketones is 4. The summed E-state index contributed by atoms with van der Waals surface area (Å²) < 4.78 is 11.7. The molecule has 0 fully saturated rings. The van der Waals surface area contributed by atoms with E-state index >= 15 is 9.59 Å². The number of ether oxygens (including phenoxy) is 2. The van der Waals surface area contributed by atoms with Crippen molar-refractivity contribution >= 4 is 51.9 Å². The van der Waals surface area contributed by atoms with E-state index in [-0.39, 0.29) is 44.9 Å². The Labute approximate surface area is 286 Å². The van der Waals surface area contributed by atoms with Crippen LogP contribution in [0.1, 0.15) is 72.3 Å². The lowest BCUT2D eigenvalue weighted by atomic mass is 9.53. The quantitative estimate of drug-likeness (QED) is 0.0759. The molecule has 5 aromatic carbocycles. The van der Waals surface area contributed by atoms with Crippen LogP contribution in [0.5, 0.6) is 11.5 Å². The summed E-state index contributed by atoms with van der Waals surface area (Å²) in [5.74, 6) is -5.13. The van der Waals surface area contributed by atoms with Gasteiger partial charge >= 0.3 is 11.9 Å². The minimum atomic E-state index is -2.10. The molecule has 0 bridgehead atoms. The van der Waals surface area contributed by atoms with Gasteiger partial charge in [-0.25, -0.2) is 0 Å². The van der Waals surface area contributed by atoms with Crippen LogP contribution in [0.15, 0.2) is 127 Å². The van der Waals surface area contributed by atoms with Crippen molar-refractivity contribution in [2.24, 2.45) is 5.41 Å². The molecule has 2 atom stereocenters. The first-order valence-electron chi connectivity index (χ1n) is 15.9. The molecule has 5 aromatic rings. The maximum Gasteiger partial charge on any atom is 0.308 e. The Morgan fingerprint density at radius 3 is 1.78 bits per heavy atom. The van der Waals surface area contributed by atoms with Crippen LogP contribution in [-0.4, -0.2) is 35.1 Å². The third-order valence-corrected chi connectivity index (χ3v) is 9.08. The maximum absolute atomic E-state index is 15.2. The van der Waals surface area contributed by atoms with Gasteiger partial charge in [0.15, 0.2) is 23.1 Å². The van der Waals surface area contributed by atoms with Gasteiger partial charge in [0.2, 0.25) is 0 Å². The van der Waals surface area contributed by atoms with E-state index in [0.29, 0.717) is 16.3 Å². The second-order valence-electron chi connectivity index (χ2n) is 12.1. The van der Waals surface area contributed by atoms with Gasteiger partial charge in [0.25, 0.3) is 0 Å². The smallest absolute Gasteiger partial charge is 0.308 e. The van der Waals surface area contributed by atoms with E-state index in [1.54, 1.807) is 97.1 Å². The average molecular weight is 661 g/mol. The Morgan fingerprint density at radius 2 is 1.16 bits per heavy atom. The molecule has 0 radical (unpaired) electrons. The molecule has 2 aliphatic rings. The van der Waals surface area contributed by atoms with Crippen molar-refractivity contribution in [2.75, 3.05) is 0 Å². The lowest BCUT2D eigenvalue weighted by Crippen LogP contribution is -2.49. The highest BCUT2D eigenvalue weighted by Gasteiger charge is 2.60. The van der Waals surface area contributed by atoms with E-state index in [0.717, 1.165) is 0 Å². The molecule has 0 aromatic heterocycles. The number of Topliss-reactive ketones (excluding diaryl/α,β-unsaturated/α-hetero) is 3. The van der Waals surface area contributed by atoms with Gasteiger partial charge in [-0.2, -0.15) is 0 Å². The van der Waals surface area contributed by atoms with Crippen LogP contribution in [0.3, 0.4) is 0 Å². The van der Waals surface area contributed by atoms with Crippen molar-refractivity contribution < 1.29 is 38.2 Å². The number of carbonyl (C=O) groups excluding carboxylic acids is 6. The molecule has 2 unspecified atom stereocenters. The summed E-state index contributed by atoms with van der Waals surface area (Å²) in [6.45, 7) is 2.43. The fraction of sp³-hybridized carbons (Fsp3) is 0.0952. The molecule has 0 aliphatic heterocycles. The lowest BCUT2D eigenvalue weighted by Gasteiger charge is -2.45. The summed E-state index contributed by atoms with van der Waals surface area (Å²) in [4.78, 5) is 84.0. The molecule has 2 aliphatic carbocycles. The van der Waals surface area contributed by atoms with E-state index in [9.17, 15) is 19.2 Å². The van der Waals surface area contributed by atoms with Crippen LogP contribution in [0.25, 0.3) is 16.8 Å².